The first-order valence-corrected chi connectivity index (χ1v) is 7.70. The van der Waals surface area contributed by atoms with Crippen LogP contribution < -0.4 is 5.32 Å². The molecular formula is C15H18F3N3O4. The van der Waals surface area contributed by atoms with E-state index in [9.17, 15) is 27.6 Å². The van der Waals surface area contributed by atoms with Crippen molar-refractivity contribution in [1.29, 1.82) is 0 Å². The number of alkyl halides is 3. The second kappa shape index (κ2) is 7.58. The summed E-state index contributed by atoms with van der Waals surface area (Å²) in [5.41, 5.74) is 0. The van der Waals surface area contributed by atoms with Gasteiger partial charge in [0.1, 0.15) is 24.9 Å². The lowest BCUT2D eigenvalue weighted by atomic mass is 10.2. The first kappa shape index (κ1) is 18.8. The maximum Gasteiger partial charge on any atom is 0.406 e. The predicted octanol–water partition coefficient (Wildman–Crippen LogP) is 1.89. The Morgan fingerprint density at radius 3 is 2.68 bits per heavy atom. The van der Waals surface area contributed by atoms with E-state index in [0.29, 0.717) is 22.6 Å². The number of amides is 4. The Morgan fingerprint density at radius 2 is 2.12 bits per heavy atom. The van der Waals surface area contributed by atoms with Crippen LogP contribution in [0.4, 0.5) is 18.0 Å². The number of hydrogen-bond donors (Lipinski definition) is 1. The van der Waals surface area contributed by atoms with Crippen molar-refractivity contribution in [2.45, 2.75) is 38.5 Å². The van der Waals surface area contributed by atoms with Crippen molar-refractivity contribution in [1.82, 2.24) is 15.1 Å². The molecule has 4 amide bonds. The van der Waals surface area contributed by atoms with E-state index in [-0.39, 0.29) is 5.76 Å². The summed E-state index contributed by atoms with van der Waals surface area (Å²) in [6.07, 6.45) is -2.31. The molecule has 0 bridgehead atoms. The van der Waals surface area contributed by atoms with Gasteiger partial charge < -0.3 is 14.6 Å². The van der Waals surface area contributed by atoms with E-state index < -0.39 is 49.7 Å². The number of rotatable bonds is 7. The van der Waals surface area contributed by atoms with Crippen LogP contribution >= 0.6 is 0 Å². The minimum atomic E-state index is -4.62. The fourth-order valence-corrected chi connectivity index (χ4v) is 2.49. The zero-order valence-corrected chi connectivity index (χ0v) is 13.5. The number of nitrogens with zero attached hydrogens (tertiary/aromatic N) is 2. The van der Waals surface area contributed by atoms with Gasteiger partial charge in [-0.25, -0.2) is 4.79 Å². The third kappa shape index (κ3) is 4.97. The fraction of sp³-hybridized carbons (Fsp3) is 0.533. The molecule has 0 aromatic carbocycles. The highest BCUT2D eigenvalue weighted by molar-refractivity contribution is 6.06. The summed E-state index contributed by atoms with van der Waals surface area (Å²) in [5, 5.41) is 2.42. The Hall–Kier alpha value is -2.52. The Kier molecular flexibility index (Phi) is 5.70. The largest absolute Gasteiger partial charge is 0.467 e. The zero-order valence-electron chi connectivity index (χ0n) is 13.5. The second-order valence-electron chi connectivity index (χ2n) is 5.66. The number of hydrogen-bond acceptors (Lipinski definition) is 4. The molecule has 1 aromatic heterocycles. The number of urea groups is 1. The lowest BCUT2D eigenvalue weighted by Crippen LogP contribution is -2.46. The molecule has 25 heavy (non-hydrogen) atoms. The maximum absolute atomic E-state index is 12.7. The van der Waals surface area contributed by atoms with E-state index in [2.05, 4.69) is 5.32 Å². The van der Waals surface area contributed by atoms with Gasteiger partial charge in [0.05, 0.1) is 12.8 Å². The second-order valence-corrected chi connectivity index (χ2v) is 5.66. The number of nitrogens with one attached hydrogen (secondary N) is 1. The van der Waals surface area contributed by atoms with Gasteiger partial charge in [-0.05, 0) is 18.6 Å². The van der Waals surface area contributed by atoms with Crippen molar-refractivity contribution >= 4 is 17.8 Å². The summed E-state index contributed by atoms with van der Waals surface area (Å²) < 4.78 is 43.2. The molecule has 1 fully saturated rings. The molecule has 2 rings (SSSR count). The number of imide groups is 1. The minimum absolute atomic E-state index is 0.165. The average Bonchev–Trinajstić information content (AvgIpc) is 3.10. The highest BCUT2D eigenvalue weighted by Gasteiger charge is 2.40. The van der Waals surface area contributed by atoms with Gasteiger partial charge in [0.25, 0.3) is 5.91 Å². The van der Waals surface area contributed by atoms with Crippen LogP contribution in [0, 0.1) is 0 Å². The Labute approximate surface area is 141 Å². The number of furan rings is 1. The fourth-order valence-electron chi connectivity index (χ4n) is 2.49. The molecule has 1 N–H and O–H groups in total. The first-order valence-electron chi connectivity index (χ1n) is 7.70. The molecule has 2 heterocycles. The summed E-state index contributed by atoms with van der Waals surface area (Å²) >= 11 is 0. The molecule has 138 valence electrons. The van der Waals surface area contributed by atoms with E-state index in [1.807, 2.05) is 6.92 Å². The van der Waals surface area contributed by atoms with Crippen LogP contribution in [0.3, 0.4) is 0 Å². The molecule has 7 nitrogen and oxygen atoms in total. The predicted molar refractivity (Wildman–Crippen MR) is 79.1 cm³/mol. The van der Waals surface area contributed by atoms with Crippen LogP contribution in [0.5, 0.6) is 0 Å². The minimum Gasteiger partial charge on any atom is -0.467 e. The summed E-state index contributed by atoms with van der Waals surface area (Å²) in [6.45, 7) is -0.842. The molecule has 1 aromatic rings. The monoisotopic (exact) mass is 361 g/mol. The standard InChI is InChI=1S/C15H18F3N3O4/c1-2-4-11-13(23)21(14(24)19-11)8-12(22)20(9-15(16,17)18)7-10-5-3-6-25-10/h3,5-6,11H,2,4,7-9H2,1H3,(H,19,24). The van der Waals surface area contributed by atoms with Crippen molar-refractivity contribution in [2.24, 2.45) is 0 Å². The van der Waals surface area contributed by atoms with Crippen molar-refractivity contribution < 1.29 is 32.0 Å². The maximum atomic E-state index is 12.7. The molecule has 1 atom stereocenters. The highest BCUT2D eigenvalue weighted by Crippen LogP contribution is 2.19. The highest BCUT2D eigenvalue weighted by atomic mass is 19.4. The van der Waals surface area contributed by atoms with Crippen molar-refractivity contribution in [2.75, 3.05) is 13.1 Å². The molecule has 0 radical (unpaired) electrons. The molecule has 0 spiro atoms. The number of halogens is 3. The van der Waals surface area contributed by atoms with Crippen molar-refractivity contribution in [3.05, 3.63) is 24.2 Å². The molecule has 0 aliphatic carbocycles. The molecule has 10 heteroatoms. The molecule has 1 saturated heterocycles. The van der Waals surface area contributed by atoms with Crippen LogP contribution in [0.15, 0.2) is 22.8 Å². The summed E-state index contributed by atoms with van der Waals surface area (Å²) in [5.74, 6) is -1.43. The third-order valence-electron chi connectivity index (χ3n) is 3.63. The van der Waals surface area contributed by atoms with Gasteiger partial charge in [-0.2, -0.15) is 13.2 Å². The Bertz CT molecular complexity index is 630. The molecule has 1 aliphatic heterocycles. The van der Waals surface area contributed by atoms with Crippen molar-refractivity contribution in [3.8, 4) is 0 Å². The van der Waals surface area contributed by atoms with Crippen LogP contribution in [0.1, 0.15) is 25.5 Å². The average molecular weight is 361 g/mol. The number of carbonyl (C=O) groups excluding carboxylic acids is 3. The zero-order chi connectivity index (χ0) is 18.6. The van der Waals surface area contributed by atoms with Gasteiger partial charge in [-0.15, -0.1) is 0 Å². The summed E-state index contributed by atoms with van der Waals surface area (Å²) in [6, 6.07) is 1.40. The smallest absolute Gasteiger partial charge is 0.406 e. The molecule has 1 unspecified atom stereocenters. The van der Waals surface area contributed by atoms with Crippen molar-refractivity contribution in [3.63, 3.8) is 0 Å². The number of carbonyl (C=O) groups is 3. The van der Waals surface area contributed by atoms with Gasteiger partial charge >= 0.3 is 12.2 Å². The van der Waals surface area contributed by atoms with E-state index in [1.165, 1.54) is 18.4 Å². The van der Waals surface area contributed by atoms with Crippen LogP contribution in [0.2, 0.25) is 0 Å². The molecule has 1 aliphatic rings. The first-order chi connectivity index (χ1) is 11.7. The summed E-state index contributed by atoms with van der Waals surface area (Å²) in [7, 11) is 0. The molecular weight excluding hydrogens is 343 g/mol. The van der Waals surface area contributed by atoms with Gasteiger partial charge in [0.15, 0.2) is 0 Å². The third-order valence-corrected chi connectivity index (χ3v) is 3.63. The Balaban J connectivity index is 2.08. The topological polar surface area (TPSA) is 82.9 Å². The SMILES string of the molecule is CCCC1NC(=O)N(CC(=O)N(Cc2ccco2)CC(F)(F)F)C1=O. The van der Waals surface area contributed by atoms with Gasteiger partial charge in [0, 0.05) is 0 Å². The lowest BCUT2D eigenvalue weighted by molar-refractivity contribution is -0.163. The van der Waals surface area contributed by atoms with E-state index in [1.54, 1.807) is 0 Å². The van der Waals surface area contributed by atoms with Gasteiger partial charge in [-0.3, -0.25) is 14.5 Å². The van der Waals surface area contributed by atoms with Crippen LogP contribution in [-0.2, 0) is 16.1 Å². The lowest BCUT2D eigenvalue weighted by Gasteiger charge is -2.24. The normalized spacial score (nSPS) is 17.8. The molecule has 0 saturated carbocycles. The summed E-state index contributed by atoms with van der Waals surface area (Å²) in [4.78, 5) is 37.3. The van der Waals surface area contributed by atoms with Crippen LogP contribution in [0.25, 0.3) is 0 Å². The van der Waals surface area contributed by atoms with Gasteiger partial charge in [0.2, 0.25) is 5.91 Å². The van der Waals surface area contributed by atoms with E-state index >= 15 is 0 Å². The van der Waals surface area contributed by atoms with Crippen LogP contribution in [-0.4, -0.2) is 53.0 Å². The Morgan fingerprint density at radius 1 is 1.40 bits per heavy atom. The van der Waals surface area contributed by atoms with E-state index in [0.717, 1.165) is 0 Å². The van der Waals surface area contributed by atoms with E-state index in [4.69, 9.17) is 4.42 Å². The van der Waals surface area contributed by atoms with Gasteiger partial charge in [-0.1, -0.05) is 13.3 Å². The quantitative estimate of drug-likeness (QED) is 0.752.